The van der Waals surface area contributed by atoms with Crippen molar-refractivity contribution in [1.29, 1.82) is 0 Å². The van der Waals surface area contributed by atoms with E-state index in [1.54, 1.807) is 11.3 Å². The molecule has 1 aromatic rings. The van der Waals surface area contributed by atoms with E-state index in [1.165, 1.54) is 11.1 Å². The van der Waals surface area contributed by atoms with Gasteiger partial charge in [0.2, 0.25) is 0 Å². The highest BCUT2D eigenvalue weighted by atomic mass is 32.2. The van der Waals surface area contributed by atoms with Crippen molar-refractivity contribution in [1.82, 2.24) is 5.32 Å². The summed E-state index contributed by atoms with van der Waals surface area (Å²) in [4.78, 5) is 1.32. The molecule has 0 aliphatic heterocycles. The van der Waals surface area contributed by atoms with Crippen LogP contribution in [0.15, 0.2) is 17.5 Å². The van der Waals surface area contributed by atoms with E-state index in [9.17, 15) is 8.42 Å². The van der Waals surface area contributed by atoms with Gasteiger partial charge in [-0.2, -0.15) is 0 Å². The Balaban J connectivity index is 2.45. The van der Waals surface area contributed by atoms with Gasteiger partial charge in [0.15, 0.2) is 0 Å². The standard InChI is InChI=1S/C12H21NO2S2/c1-3-8-13-11(10-17(2,14)15)6-7-12-5-4-9-16-12/h4-5,9,11,13H,3,6-8,10H2,1-2H3. The summed E-state index contributed by atoms with van der Waals surface area (Å²) in [6.45, 7) is 2.97. The lowest BCUT2D eigenvalue weighted by atomic mass is 10.1. The highest BCUT2D eigenvalue weighted by Crippen LogP contribution is 2.12. The zero-order chi connectivity index (χ0) is 12.7. The second kappa shape index (κ2) is 7.13. The van der Waals surface area contributed by atoms with Gasteiger partial charge in [-0.3, -0.25) is 0 Å². The zero-order valence-corrected chi connectivity index (χ0v) is 12.1. The number of nitrogens with one attached hydrogen (secondary N) is 1. The van der Waals surface area contributed by atoms with Crippen LogP contribution in [0.5, 0.6) is 0 Å². The van der Waals surface area contributed by atoms with E-state index in [0.717, 1.165) is 25.8 Å². The molecule has 0 spiro atoms. The highest BCUT2D eigenvalue weighted by Gasteiger charge is 2.14. The first kappa shape index (κ1) is 14.7. The van der Waals surface area contributed by atoms with Crippen LogP contribution in [-0.4, -0.2) is 33.0 Å². The molecule has 17 heavy (non-hydrogen) atoms. The SMILES string of the molecule is CCCNC(CCc1cccs1)CS(C)(=O)=O. The Hall–Kier alpha value is -0.390. The summed E-state index contributed by atoms with van der Waals surface area (Å²) < 4.78 is 22.7. The van der Waals surface area contributed by atoms with Gasteiger partial charge in [0.25, 0.3) is 0 Å². The predicted molar refractivity (Wildman–Crippen MR) is 74.4 cm³/mol. The Bertz CT molecular complexity index is 398. The van der Waals surface area contributed by atoms with E-state index < -0.39 is 9.84 Å². The molecule has 0 aliphatic rings. The minimum atomic E-state index is -2.90. The fourth-order valence-corrected chi connectivity index (χ4v) is 3.47. The van der Waals surface area contributed by atoms with E-state index in [1.807, 2.05) is 6.07 Å². The van der Waals surface area contributed by atoms with Gasteiger partial charge in [-0.05, 0) is 37.3 Å². The van der Waals surface area contributed by atoms with Crippen LogP contribution in [0.1, 0.15) is 24.6 Å². The number of aryl methyl sites for hydroxylation is 1. The van der Waals surface area contributed by atoms with E-state index in [-0.39, 0.29) is 11.8 Å². The van der Waals surface area contributed by atoms with Gasteiger partial charge in [-0.1, -0.05) is 13.0 Å². The fraction of sp³-hybridized carbons (Fsp3) is 0.667. The van der Waals surface area contributed by atoms with Crippen LogP contribution in [-0.2, 0) is 16.3 Å². The van der Waals surface area contributed by atoms with Crippen LogP contribution < -0.4 is 5.32 Å². The molecule has 1 unspecified atom stereocenters. The van der Waals surface area contributed by atoms with Crippen molar-refractivity contribution in [3.8, 4) is 0 Å². The topological polar surface area (TPSA) is 46.2 Å². The second-order valence-corrected chi connectivity index (χ2v) is 7.58. The molecule has 1 N–H and O–H groups in total. The van der Waals surface area contributed by atoms with Crippen molar-refractivity contribution in [3.05, 3.63) is 22.4 Å². The molecule has 1 heterocycles. The predicted octanol–water partition coefficient (Wildman–Crippen LogP) is 2.09. The average Bonchev–Trinajstić information content (AvgIpc) is 2.73. The molecule has 0 amide bonds. The molecule has 3 nitrogen and oxygen atoms in total. The molecule has 98 valence electrons. The van der Waals surface area contributed by atoms with Crippen LogP contribution in [0.2, 0.25) is 0 Å². The summed E-state index contributed by atoms with van der Waals surface area (Å²) >= 11 is 1.73. The van der Waals surface area contributed by atoms with Crippen LogP contribution in [0.3, 0.4) is 0 Å². The van der Waals surface area contributed by atoms with Crippen molar-refractivity contribution >= 4 is 21.2 Å². The Morgan fingerprint density at radius 2 is 2.24 bits per heavy atom. The Morgan fingerprint density at radius 1 is 1.47 bits per heavy atom. The maximum atomic E-state index is 11.3. The third-order valence-electron chi connectivity index (χ3n) is 2.51. The Morgan fingerprint density at radius 3 is 2.76 bits per heavy atom. The lowest BCUT2D eigenvalue weighted by Gasteiger charge is -2.17. The first-order chi connectivity index (χ1) is 8.01. The van der Waals surface area contributed by atoms with Crippen molar-refractivity contribution in [3.63, 3.8) is 0 Å². The smallest absolute Gasteiger partial charge is 0.148 e. The van der Waals surface area contributed by atoms with E-state index >= 15 is 0 Å². The van der Waals surface area contributed by atoms with E-state index in [0.29, 0.717) is 0 Å². The second-order valence-electron chi connectivity index (χ2n) is 4.36. The first-order valence-electron chi connectivity index (χ1n) is 5.94. The minimum Gasteiger partial charge on any atom is -0.313 e. The third-order valence-corrected chi connectivity index (χ3v) is 4.45. The summed E-state index contributed by atoms with van der Waals surface area (Å²) in [6, 6.07) is 4.21. The van der Waals surface area contributed by atoms with Gasteiger partial charge in [0, 0.05) is 17.2 Å². The molecule has 0 aromatic carbocycles. The van der Waals surface area contributed by atoms with Gasteiger partial charge in [0.1, 0.15) is 9.84 Å². The molecule has 0 bridgehead atoms. The van der Waals surface area contributed by atoms with Crippen LogP contribution in [0.4, 0.5) is 0 Å². The average molecular weight is 275 g/mol. The van der Waals surface area contributed by atoms with E-state index in [2.05, 4.69) is 23.7 Å². The molecular formula is C12H21NO2S2. The first-order valence-corrected chi connectivity index (χ1v) is 8.88. The van der Waals surface area contributed by atoms with Gasteiger partial charge in [-0.25, -0.2) is 8.42 Å². The minimum absolute atomic E-state index is 0.0760. The molecule has 0 saturated carbocycles. The van der Waals surface area contributed by atoms with Gasteiger partial charge in [-0.15, -0.1) is 11.3 Å². The summed E-state index contributed by atoms with van der Waals surface area (Å²) in [5.41, 5.74) is 0. The molecule has 1 rings (SSSR count). The Labute approximate surface area is 108 Å². The molecular weight excluding hydrogens is 254 g/mol. The summed E-state index contributed by atoms with van der Waals surface area (Å²) in [6.07, 6.45) is 4.17. The molecule has 0 saturated heterocycles. The normalized spacial score (nSPS) is 13.8. The molecule has 5 heteroatoms. The molecule has 1 atom stereocenters. The number of hydrogen-bond acceptors (Lipinski definition) is 4. The number of hydrogen-bond donors (Lipinski definition) is 1. The number of rotatable bonds is 8. The quantitative estimate of drug-likeness (QED) is 0.790. The molecule has 0 fully saturated rings. The van der Waals surface area contributed by atoms with Crippen molar-refractivity contribution in [2.75, 3.05) is 18.6 Å². The summed E-state index contributed by atoms with van der Waals surface area (Å²) in [5, 5.41) is 5.37. The Kier molecular flexibility index (Phi) is 6.16. The number of sulfone groups is 1. The number of thiophene rings is 1. The van der Waals surface area contributed by atoms with Crippen LogP contribution >= 0.6 is 11.3 Å². The summed E-state index contributed by atoms with van der Waals surface area (Å²) in [5.74, 6) is 0.234. The highest BCUT2D eigenvalue weighted by molar-refractivity contribution is 7.90. The van der Waals surface area contributed by atoms with Gasteiger partial charge in [0.05, 0.1) is 5.75 Å². The fourth-order valence-electron chi connectivity index (χ4n) is 1.73. The zero-order valence-electron chi connectivity index (χ0n) is 10.5. The molecule has 1 aromatic heterocycles. The summed E-state index contributed by atoms with van der Waals surface area (Å²) in [7, 11) is -2.90. The van der Waals surface area contributed by atoms with Crippen molar-refractivity contribution < 1.29 is 8.42 Å². The maximum absolute atomic E-state index is 11.3. The van der Waals surface area contributed by atoms with Crippen molar-refractivity contribution in [2.45, 2.75) is 32.2 Å². The van der Waals surface area contributed by atoms with Gasteiger partial charge >= 0.3 is 0 Å². The van der Waals surface area contributed by atoms with Crippen molar-refractivity contribution in [2.24, 2.45) is 0 Å². The largest absolute Gasteiger partial charge is 0.313 e. The molecule has 0 aliphatic carbocycles. The van der Waals surface area contributed by atoms with Crippen LogP contribution in [0.25, 0.3) is 0 Å². The lowest BCUT2D eigenvalue weighted by Crippen LogP contribution is -2.36. The van der Waals surface area contributed by atoms with Crippen LogP contribution in [0, 0.1) is 0 Å². The third kappa shape index (κ3) is 6.81. The molecule has 0 radical (unpaired) electrons. The van der Waals surface area contributed by atoms with Gasteiger partial charge < -0.3 is 5.32 Å². The lowest BCUT2D eigenvalue weighted by molar-refractivity contribution is 0.507. The van der Waals surface area contributed by atoms with E-state index in [4.69, 9.17) is 0 Å². The monoisotopic (exact) mass is 275 g/mol. The maximum Gasteiger partial charge on any atom is 0.148 e.